The van der Waals surface area contributed by atoms with Crippen molar-refractivity contribution in [2.45, 2.75) is 57.0 Å². The first kappa shape index (κ1) is 15.5. The van der Waals surface area contributed by atoms with E-state index in [0.29, 0.717) is 18.0 Å². The fourth-order valence-corrected chi connectivity index (χ4v) is 3.68. The van der Waals surface area contributed by atoms with Crippen LogP contribution in [0.25, 0.3) is 11.2 Å². The molecule has 7 nitrogen and oxygen atoms in total. The number of nitrogens with zero attached hydrogens (tertiary/aromatic N) is 5. The van der Waals surface area contributed by atoms with Gasteiger partial charge in [-0.15, -0.1) is 0 Å². The SMILES string of the molecule is c1cc(Nc2nc(NC3CC3)c3ncn(C4CCCCC4)c3n2)ccn1. The third-order valence-electron chi connectivity index (χ3n) is 5.24. The van der Waals surface area contributed by atoms with E-state index < -0.39 is 0 Å². The molecule has 7 heteroatoms. The first-order valence-electron chi connectivity index (χ1n) is 9.55. The van der Waals surface area contributed by atoms with Crippen LogP contribution in [0.2, 0.25) is 0 Å². The summed E-state index contributed by atoms with van der Waals surface area (Å²) in [6, 6.07) is 4.84. The zero-order chi connectivity index (χ0) is 17.3. The second-order valence-corrected chi connectivity index (χ2v) is 7.29. The van der Waals surface area contributed by atoms with Gasteiger partial charge in [-0.05, 0) is 37.8 Å². The Balaban J connectivity index is 1.55. The summed E-state index contributed by atoms with van der Waals surface area (Å²) in [5.74, 6) is 1.44. The van der Waals surface area contributed by atoms with Crippen molar-refractivity contribution in [3.63, 3.8) is 0 Å². The van der Waals surface area contributed by atoms with E-state index in [-0.39, 0.29) is 0 Å². The molecule has 0 radical (unpaired) electrons. The minimum atomic E-state index is 0.492. The van der Waals surface area contributed by atoms with Gasteiger partial charge in [-0.2, -0.15) is 9.97 Å². The molecule has 3 heterocycles. The van der Waals surface area contributed by atoms with Crippen molar-refractivity contribution < 1.29 is 0 Å². The Morgan fingerprint density at radius 1 is 0.962 bits per heavy atom. The monoisotopic (exact) mass is 349 g/mol. The zero-order valence-electron chi connectivity index (χ0n) is 14.7. The molecule has 2 N–H and O–H groups in total. The summed E-state index contributed by atoms with van der Waals surface area (Å²) in [4.78, 5) is 18.2. The predicted molar refractivity (Wildman–Crippen MR) is 102 cm³/mol. The summed E-state index contributed by atoms with van der Waals surface area (Å²) >= 11 is 0. The van der Waals surface area contributed by atoms with E-state index in [1.807, 2.05) is 18.5 Å². The predicted octanol–water partition coefficient (Wildman–Crippen LogP) is 4.04. The number of anilines is 3. The maximum atomic E-state index is 4.81. The third-order valence-corrected chi connectivity index (χ3v) is 5.24. The molecule has 0 atom stereocenters. The van der Waals surface area contributed by atoms with Gasteiger partial charge < -0.3 is 15.2 Å². The van der Waals surface area contributed by atoms with Crippen LogP contribution in [0.5, 0.6) is 0 Å². The van der Waals surface area contributed by atoms with Gasteiger partial charge in [-0.3, -0.25) is 4.98 Å². The van der Waals surface area contributed by atoms with Gasteiger partial charge in [0.15, 0.2) is 17.0 Å². The van der Waals surface area contributed by atoms with Crippen molar-refractivity contribution in [2.75, 3.05) is 10.6 Å². The highest BCUT2D eigenvalue weighted by Crippen LogP contribution is 2.33. The summed E-state index contributed by atoms with van der Waals surface area (Å²) in [5, 5.41) is 6.83. The summed E-state index contributed by atoms with van der Waals surface area (Å²) in [6.45, 7) is 0. The van der Waals surface area contributed by atoms with E-state index in [4.69, 9.17) is 9.97 Å². The topological polar surface area (TPSA) is 80.5 Å². The van der Waals surface area contributed by atoms with E-state index in [2.05, 4.69) is 25.2 Å². The van der Waals surface area contributed by atoms with Gasteiger partial charge >= 0.3 is 0 Å². The highest BCUT2D eigenvalue weighted by molar-refractivity contribution is 5.85. The molecule has 2 saturated carbocycles. The highest BCUT2D eigenvalue weighted by atomic mass is 15.2. The molecule has 2 aliphatic rings. The first-order valence-corrected chi connectivity index (χ1v) is 9.55. The van der Waals surface area contributed by atoms with E-state index in [9.17, 15) is 0 Å². The van der Waals surface area contributed by atoms with Crippen molar-refractivity contribution in [1.82, 2.24) is 24.5 Å². The van der Waals surface area contributed by atoms with Gasteiger partial charge in [0.2, 0.25) is 5.95 Å². The second kappa shape index (κ2) is 6.55. The Morgan fingerprint density at radius 3 is 2.54 bits per heavy atom. The number of hydrogen-bond acceptors (Lipinski definition) is 6. The third kappa shape index (κ3) is 3.09. The van der Waals surface area contributed by atoms with E-state index in [1.54, 1.807) is 12.4 Å². The average molecular weight is 349 g/mol. The molecule has 2 fully saturated rings. The van der Waals surface area contributed by atoms with Crippen molar-refractivity contribution in [2.24, 2.45) is 0 Å². The lowest BCUT2D eigenvalue weighted by Crippen LogP contribution is -2.13. The van der Waals surface area contributed by atoms with Crippen LogP contribution in [0.1, 0.15) is 51.0 Å². The Kier molecular flexibility index (Phi) is 3.92. The van der Waals surface area contributed by atoms with Gasteiger partial charge in [-0.1, -0.05) is 19.3 Å². The highest BCUT2D eigenvalue weighted by Gasteiger charge is 2.25. The maximum Gasteiger partial charge on any atom is 0.231 e. The summed E-state index contributed by atoms with van der Waals surface area (Å²) in [7, 11) is 0. The number of pyridine rings is 1. The molecule has 134 valence electrons. The van der Waals surface area contributed by atoms with Crippen LogP contribution in [0.3, 0.4) is 0 Å². The smallest absolute Gasteiger partial charge is 0.231 e. The van der Waals surface area contributed by atoms with Crippen LogP contribution in [-0.4, -0.2) is 30.5 Å². The van der Waals surface area contributed by atoms with Crippen molar-refractivity contribution in [3.8, 4) is 0 Å². The lowest BCUT2D eigenvalue weighted by molar-refractivity contribution is 0.358. The van der Waals surface area contributed by atoms with E-state index in [0.717, 1.165) is 22.7 Å². The van der Waals surface area contributed by atoms with Crippen LogP contribution in [0, 0.1) is 0 Å². The second-order valence-electron chi connectivity index (χ2n) is 7.29. The minimum absolute atomic E-state index is 0.492. The zero-order valence-corrected chi connectivity index (χ0v) is 14.7. The molecular formula is C19H23N7. The Hall–Kier alpha value is -2.70. The molecule has 0 bridgehead atoms. The first-order chi connectivity index (χ1) is 12.9. The van der Waals surface area contributed by atoms with Crippen LogP contribution < -0.4 is 10.6 Å². The number of aromatic nitrogens is 5. The van der Waals surface area contributed by atoms with Crippen LogP contribution in [0.4, 0.5) is 17.5 Å². The molecule has 26 heavy (non-hydrogen) atoms. The number of rotatable bonds is 5. The van der Waals surface area contributed by atoms with E-state index >= 15 is 0 Å². The standard InChI is InChI=1S/C19H23N7/c1-2-4-15(5-3-1)26-12-21-16-17(22-13-6-7-13)24-19(25-18(16)26)23-14-8-10-20-11-9-14/h8-13,15H,1-7H2,(H2,20,22,23,24,25). The lowest BCUT2D eigenvalue weighted by Gasteiger charge is -2.23. The fraction of sp³-hybridized carbons (Fsp3) is 0.474. The summed E-state index contributed by atoms with van der Waals surface area (Å²) < 4.78 is 2.26. The van der Waals surface area contributed by atoms with Crippen molar-refractivity contribution >= 4 is 28.6 Å². The van der Waals surface area contributed by atoms with Gasteiger partial charge in [0.05, 0.1) is 6.33 Å². The molecule has 0 aliphatic heterocycles. The molecule has 0 unspecified atom stereocenters. The van der Waals surface area contributed by atoms with Gasteiger partial charge in [0.1, 0.15) is 0 Å². The molecule has 2 aliphatic carbocycles. The van der Waals surface area contributed by atoms with Gasteiger partial charge in [0.25, 0.3) is 0 Å². The average Bonchev–Trinajstić information content (AvgIpc) is 3.39. The van der Waals surface area contributed by atoms with Gasteiger partial charge in [0, 0.05) is 30.2 Å². The Labute approximate surface area is 152 Å². The quantitative estimate of drug-likeness (QED) is 0.723. The Bertz CT molecular complexity index is 895. The van der Waals surface area contributed by atoms with E-state index in [1.165, 1.54) is 44.9 Å². The molecule has 3 aromatic rings. The fourth-order valence-electron chi connectivity index (χ4n) is 3.68. The maximum absolute atomic E-state index is 4.81. The minimum Gasteiger partial charge on any atom is -0.365 e. The molecule has 3 aromatic heterocycles. The molecule has 0 saturated heterocycles. The van der Waals surface area contributed by atoms with Gasteiger partial charge in [-0.25, -0.2) is 4.98 Å². The van der Waals surface area contributed by atoms with Crippen LogP contribution in [-0.2, 0) is 0 Å². The van der Waals surface area contributed by atoms with Crippen molar-refractivity contribution in [1.29, 1.82) is 0 Å². The van der Waals surface area contributed by atoms with Crippen molar-refractivity contribution in [3.05, 3.63) is 30.9 Å². The molecule has 5 rings (SSSR count). The number of nitrogens with one attached hydrogen (secondary N) is 2. The number of hydrogen-bond donors (Lipinski definition) is 2. The number of imidazole rings is 1. The summed E-state index contributed by atoms with van der Waals surface area (Å²) in [5.41, 5.74) is 2.73. The molecular weight excluding hydrogens is 326 g/mol. The van der Waals surface area contributed by atoms with Crippen LogP contribution in [0.15, 0.2) is 30.9 Å². The number of fused-ring (bicyclic) bond motifs is 1. The molecule has 0 spiro atoms. The largest absolute Gasteiger partial charge is 0.365 e. The molecule has 0 amide bonds. The summed E-state index contributed by atoms with van der Waals surface area (Å²) in [6.07, 6.45) is 14.2. The molecule has 0 aromatic carbocycles. The normalized spacial score (nSPS) is 18.2. The Morgan fingerprint density at radius 2 is 1.77 bits per heavy atom. The lowest BCUT2D eigenvalue weighted by atomic mass is 9.95. The van der Waals surface area contributed by atoms with Crippen LogP contribution >= 0.6 is 0 Å².